The number of carbonyl (C=O) groups is 3. The highest BCUT2D eigenvalue weighted by molar-refractivity contribution is 6.30. The molecule has 3 N–H and O–H groups in total. The van der Waals surface area contributed by atoms with E-state index in [0.717, 1.165) is 0 Å². The molecule has 8 nitrogen and oxygen atoms in total. The summed E-state index contributed by atoms with van der Waals surface area (Å²) in [6, 6.07) is 11.9. The summed E-state index contributed by atoms with van der Waals surface area (Å²) in [5.74, 6) is -0.797. The fraction of sp³-hybridized carbons (Fsp3) is 0.286. The van der Waals surface area contributed by atoms with Gasteiger partial charge in [0, 0.05) is 42.1 Å². The Morgan fingerprint density at radius 2 is 1.65 bits per heavy atom. The number of benzene rings is 2. The Balaban J connectivity index is 1.65. The number of likely N-dealkylation sites (tertiary alicyclic amines) is 1. The van der Waals surface area contributed by atoms with Crippen molar-refractivity contribution in [2.75, 3.05) is 35.0 Å². The van der Waals surface area contributed by atoms with Crippen LogP contribution in [-0.4, -0.2) is 59.5 Å². The predicted octanol–water partition coefficient (Wildman–Crippen LogP) is 3.15. The topological polar surface area (TPSA) is 102 Å². The number of aliphatic hydroxyl groups excluding tert-OH is 1. The normalized spacial score (nSPS) is 17.9. The molecule has 2 aromatic carbocycles. The van der Waals surface area contributed by atoms with Crippen molar-refractivity contribution in [1.29, 1.82) is 0 Å². The zero-order valence-electron chi connectivity index (χ0n) is 16.7. The van der Waals surface area contributed by atoms with Crippen LogP contribution >= 0.6 is 23.2 Å². The van der Waals surface area contributed by atoms with Crippen LogP contribution in [0.25, 0.3) is 0 Å². The lowest BCUT2D eigenvalue weighted by atomic mass is 10.1. The van der Waals surface area contributed by atoms with E-state index in [-0.39, 0.29) is 24.8 Å². The molecule has 2 atom stereocenters. The number of carbonyl (C=O) groups excluding carboxylic acids is 3. The number of aliphatic hydroxyl groups is 1. The van der Waals surface area contributed by atoms with Gasteiger partial charge in [0.05, 0.1) is 6.10 Å². The third-order valence-electron chi connectivity index (χ3n) is 4.95. The van der Waals surface area contributed by atoms with Crippen LogP contribution in [0, 0.1) is 0 Å². The van der Waals surface area contributed by atoms with Crippen molar-refractivity contribution >= 4 is 58.1 Å². The predicted molar refractivity (Wildman–Crippen MR) is 121 cm³/mol. The maximum Gasteiger partial charge on any atom is 0.322 e. The van der Waals surface area contributed by atoms with Crippen LogP contribution in [0.15, 0.2) is 48.5 Å². The van der Waals surface area contributed by atoms with E-state index < -0.39 is 24.1 Å². The Labute approximate surface area is 189 Å². The average Bonchev–Trinajstić information content (AvgIpc) is 3.17. The third-order valence-corrected chi connectivity index (χ3v) is 5.43. The summed E-state index contributed by atoms with van der Waals surface area (Å²) in [6.45, 7) is 0.0434. The molecule has 0 spiro atoms. The van der Waals surface area contributed by atoms with Crippen molar-refractivity contribution in [2.45, 2.75) is 18.6 Å². The number of anilines is 3. The smallest absolute Gasteiger partial charge is 0.322 e. The molecule has 0 saturated carbocycles. The number of nitrogens with one attached hydrogen (secondary N) is 2. The Bertz CT molecular complexity index is 953. The van der Waals surface area contributed by atoms with E-state index in [0.29, 0.717) is 22.1 Å². The molecule has 0 unspecified atom stereocenters. The number of rotatable bonds is 5. The highest BCUT2D eigenvalue weighted by Gasteiger charge is 2.39. The molecule has 1 aliphatic heterocycles. The van der Waals surface area contributed by atoms with Gasteiger partial charge in [0.25, 0.3) is 0 Å². The van der Waals surface area contributed by atoms with Crippen LogP contribution in [0.2, 0.25) is 5.02 Å². The van der Waals surface area contributed by atoms with Gasteiger partial charge in [-0.3, -0.25) is 9.59 Å². The second-order valence-corrected chi connectivity index (χ2v) is 7.82. The molecular weight excluding hydrogens is 443 g/mol. The number of halogens is 2. The van der Waals surface area contributed by atoms with Crippen LogP contribution in [0.1, 0.15) is 6.42 Å². The van der Waals surface area contributed by atoms with E-state index >= 15 is 0 Å². The van der Waals surface area contributed by atoms with Crippen LogP contribution in [0.4, 0.5) is 21.9 Å². The minimum atomic E-state index is -0.831. The van der Waals surface area contributed by atoms with Crippen molar-refractivity contribution in [2.24, 2.45) is 0 Å². The first-order valence-corrected chi connectivity index (χ1v) is 10.4. The van der Waals surface area contributed by atoms with Crippen molar-refractivity contribution in [3.05, 3.63) is 53.6 Å². The fourth-order valence-corrected chi connectivity index (χ4v) is 3.55. The summed E-state index contributed by atoms with van der Waals surface area (Å²) in [5, 5.41) is 16.0. The number of nitrogens with zero attached hydrogens (tertiary/aromatic N) is 2. The Morgan fingerprint density at radius 3 is 2.26 bits per heavy atom. The van der Waals surface area contributed by atoms with Crippen LogP contribution < -0.4 is 15.5 Å². The van der Waals surface area contributed by atoms with E-state index in [4.69, 9.17) is 23.2 Å². The minimum absolute atomic E-state index is 0.0434. The summed E-state index contributed by atoms with van der Waals surface area (Å²) in [7, 11) is 1.61. The summed E-state index contributed by atoms with van der Waals surface area (Å²) < 4.78 is 0. The largest absolute Gasteiger partial charge is 0.391 e. The highest BCUT2D eigenvalue weighted by atomic mass is 35.5. The van der Waals surface area contributed by atoms with Crippen LogP contribution in [0.5, 0.6) is 0 Å². The van der Waals surface area contributed by atoms with Crippen molar-refractivity contribution in [3.63, 3.8) is 0 Å². The number of alkyl halides is 1. The monoisotopic (exact) mass is 464 g/mol. The maximum absolute atomic E-state index is 12.8. The van der Waals surface area contributed by atoms with Gasteiger partial charge in [-0.15, -0.1) is 11.6 Å². The number of amides is 4. The van der Waals surface area contributed by atoms with Crippen molar-refractivity contribution < 1.29 is 19.5 Å². The maximum atomic E-state index is 12.8. The Hall–Kier alpha value is -2.81. The number of hydrogen-bond donors (Lipinski definition) is 3. The Kier molecular flexibility index (Phi) is 7.37. The first kappa shape index (κ1) is 22.9. The van der Waals surface area contributed by atoms with Gasteiger partial charge < -0.3 is 25.5 Å². The minimum Gasteiger partial charge on any atom is -0.391 e. The summed E-state index contributed by atoms with van der Waals surface area (Å²) >= 11 is 11.4. The molecule has 0 bridgehead atoms. The third kappa shape index (κ3) is 5.66. The van der Waals surface area contributed by atoms with Gasteiger partial charge in [-0.1, -0.05) is 11.6 Å². The van der Waals surface area contributed by atoms with Gasteiger partial charge in [-0.05, 0) is 48.5 Å². The molecule has 0 radical (unpaired) electrons. The fourth-order valence-electron chi connectivity index (χ4n) is 3.24. The van der Waals surface area contributed by atoms with Crippen LogP contribution in [0.3, 0.4) is 0 Å². The second-order valence-electron chi connectivity index (χ2n) is 7.12. The Morgan fingerprint density at radius 1 is 1.06 bits per heavy atom. The molecule has 1 fully saturated rings. The van der Waals surface area contributed by atoms with Crippen molar-refractivity contribution in [1.82, 2.24) is 4.90 Å². The average molecular weight is 465 g/mol. The van der Waals surface area contributed by atoms with Gasteiger partial charge in [0.2, 0.25) is 11.8 Å². The molecule has 1 saturated heterocycles. The van der Waals surface area contributed by atoms with Gasteiger partial charge in [-0.25, -0.2) is 4.79 Å². The molecule has 3 rings (SSSR count). The van der Waals surface area contributed by atoms with Gasteiger partial charge >= 0.3 is 6.03 Å². The molecule has 164 valence electrons. The number of hydrogen-bond acceptors (Lipinski definition) is 4. The summed E-state index contributed by atoms with van der Waals surface area (Å²) in [5.41, 5.74) is 1.66. The first-order valence-electron chi connectivity index (χ1n) is 9.53. The van der Waals surface area contributed by atoms with Gasteiger partial charge in [0.15, 0.2) is 0 Å². The van der Waals surface area contributed by atoms with E-state index in [1.807, 2.05) is 0 Å². The van der Waals surface area contributed by atoms with Crippen LogP contribution in [-0.2, 0) is 9.59 Å². The van der Waals surface area contributed by atoms with E-state index in [1.54, 1.807) is 55.6 Å². The molecule has 1 heterocycles. The molecule has 10 heteroatoms. The highest BCUT2D eigenvalue weighted by Crippen LogP contribution is 2.23. The van der Waals surface area contributed by atoms with Gasteiger partial charge in [-0.2, -0.15) is 0 Å². The number of urea groups is 1. The lowest BCUT2D eigenvalue weighted by molar-refractivity contribution is -0.119. The standard InChI is InChI=1S/C21H22Cl2N4O4/c1-26(19(29)11-22)16-8-6-14(7-9-16)24-20(30)18-10-17(28)12-27(18)21(31)25-15-4-2-13(23)3-5-15/h2-9,17-18,28H,10-12H2,1H3,(H,24,30)(H,25,31)/t17-,18-/m1/s1. The molecule has 1 aliphatic rings. The zero-order valence-corrected chi connectivity index (χ0v) is 18.2. The molecule has 0 aliphatic carbocycles. The quantitative estimate of drug-likeness (QED) is 0.591. The zero-order chi connectivity index (χ0) is 22.5. The van der Waals surface area contributed by atoms with E-state index in [2.05, 4.69) is 10.6 Å². The lowest BCUT2D eigenvalue weighted by Gasteiger charge is -2.24. The van der Waals surface area contributed by atoms with Gasteiger partial charge in [0.1, 0.15) is 11.9 Å². The molecular formula is C21H22Cl2N4O4. The SMILES string of the molecule is CN(C(=O)CCl)c1ccc(NC(=O)[C@H]2C[C@@H](O)CN2C(=O)Nc2ccc(Cl)cc2)cc1. The lowest BCUT2D eigenvalue weighted by Crippen LogP contribution is -2.45. The molecule has 0 aromatic heterocycles. The second kappa shape index (κ2) is 10.00. The summed E-state index contributed by atoms with van der Waals surface area (Å²) in [6.07, 6.45) is -0.672. The molecule has 31 heavy (non-hydrogen) atoms. The summed E-state index contributed by atoms with van der Waals surface area (Å²) in [4.78, 5) is 39.9. The van der Waals surface area contributed by atoms with E-state index in [1.165, 1.54) is 9.80 Å². The molecule has 2 aromatic rings. The first-order chi connectivity index (χ1) is 14.8. The number of β-amino-alcohol motifs (C(OH)–C–C–N with tert-alkyl or cyclic N) is 1. The van der Waals surface area contributed by atoms with E-state index in [9.17, 15) is 19.5 Å². The molecule has 4 amide bonds. The van der Waals surface area contributed by atoms with Crippen molar-refractivity contribution in [3.8, 4) is 0 Å².